The minimum atomic E-state index is 0.0721. The second kappa shape index (κ2) is 6.53. The molecule has 3 heteroatoms. The van der Waals surface area contributed by atoms with Gasteiger partial charge in [-0.15, -0.1) is 0 Å². The van der Waals surface area contributed by atoms with E-state index in [9.17, 15) is 4.79 Å². The molecule has 1 aliphatic rings. The van der Waals surface area contributed by atoms with Gasteiger partial charge in [0.1, 0.15) is 0 Å². The Morgan fingerprint density at radius 2 is 1.86 bits per heavy atom. The fourth-order valence-corrected chi connectivity index (χ4v) is 3.16. The van der Waals surface area contributed by atoms with Crippen molar-refractivity contribution in [3.05, 3.63) is 70.7 Å². The Hall–Kier alpha value is -1.80. The molecule has 1 aliphatic carbocycles. The van der Waals surface area contributed by atoms with Crippen LogP contribution in [0.1, 0.15) is 36.3 Å². The van der Waals surface area contributed by atoms with Crippen LogP contribution < -0.4 is 5.32 Å². The molecule has 1 amide bonds. The van der Waals surface area contributed by atoms with Gasteiger partial charge in [-0.3, -0.25) is 4.79 Å². The number of carbonyl (C=O) groups excluding carboxylic acids is 1. The Labute approximate surface area is 136 Å². The van der Waals surface area contributed by atoms with Gasteiger partial charge < -0.3 is 5.32 Å². The molecule has 0 bridgehead atoms. The predicted molar refractivity (Wildman–Crippen MR) is 90.2 cm³/mol. The van der Waals surface area contributed by atoms with Crippen molar-refractivity contribution >= 4 is 17.5 Å². The first-order valence-electron chi connectivity index (χ1n) is 7.74. The van der Waals surface area contributed by atoms with E-state index >= 15 is 0 Å². The molecule has 114 valence electrons. The summed E-state index contributed by atoms with van der Waals surface area (Å²) < 4.78 is 0. The molecule has 2 aromatic rings. The highest BCUT2D eigenvalue weighted by Crippen LogP contribution is 2.49. The minimum Gasteiger partial charge on any atom is -0.355 e. The average molecular weight is 314 g/mol. The number of rotatable bonds is 5. The Balaban J connectivity index is 1.53. The highest BCUT2D eigenvalue weighted by atomic mass is 35.5. The van der Waals surface area contributed by atoms with Gasteiger partial charge in [-0.25, -0.2) is 0 Å². The van der Waals surface area contributed by atoms with Gasteiger partial charge in [-0.1, -0.05) is 67.1 Å². The molecular formula is C19H20ClNO. The van der Waals surface area contributed by atoms with E-state index in [1.54, 1.807) is 0 Å². The Bertz CT molecular complexity index is 655. The summed E-state index contributed by atoms with van der Waals surface area (Å²) in [5.74, 6) is 0.818. The monoisotopic (exact) mass is 313 g/mol. The summed E-state index contributed by atoms with van der Waals surface area (Å²) in [7, 11) is 0. The summed E-state index contributed by atoms with van der Waals surface area (Å²) in [4.78, 5) is 12.3. The number of nitrogens with one attached hydrogen (secondary N) is 1. The standard InChI is InChI=1S/C19H20ClNO/c1-13(14-7-3-2-4-8-14)12-21-19(22)17-11-16(17)15-9-5-6-10-18(15)20/h2-10,13,16-17H,11-12H2,1H3,(H,21,22). The Morgan fingerprint density at radius 1 is 1.18 bits per heavy atom. The molecule has 3 unspecified atom stereocenters. The molecule has 0 aliphatic heterocycles. The van der Waals surface area contributed by atoms with Gasteiger partial charge in [0.15, 0.2) is 0 Å². The van der Waals surface area contributed by atoms with E-state index in [-0.39, 0.29) is 17.7 Å². The Morgan fingerprint density at radius 3 is 2.59 bits per heavy atom. The first-order chi connectivity index (χ1) is 10.7. The van der Waals surface area contributed by atoms with Crippen molar-refractivity contribution in [3.8, 4) is 0 Å². The van der Waals surface area contributed by atoms with Gasteiger partial charge in [0.2, 0.25) is 5.91 Å². The van der Waals surface area contributed by atoms with E-state index in [0.717, 1.165) is 17.0 Å². The topological polar surface area (TPSA) is 29.1 Å². The summed E-state index contributed by atoms with van der Waals surface area (Å²) in [5, 5.41) is 3.84. The molecule has 0 radical (unpaired) electrons. The van der Waals surface area contributed by atoms with Crippen LogP contribution in [0.15, 0.2) is 54.6 Å². The van der Waals surface area contributed by atoms with Gasteiger partial charge >= 0.3 is 0 Å². The SMILES string of the molecule is CC(CNC(=O)C1CC1c1ccccc1Cl)c1ccccc1. The van der Waals surface area contributed by atoms with Gasteiger partial charge in [-0.2, -0.15) is 0 Å². The predicted octanol–water partition coefficient (Wildman–Crippen LogP) is 4.36. The Kier molecular flexibility index (Phi) is 4.49. The lowest BCUT2D eigenvalue weighted by Crippen LogP contribution is -2.29. The molecule has 3 atom stereocenters. The lowest BCUT2D eigenvalue weighted by molar-refractivity contribution is -0.122. The normalized spacial score (nSPS) is 21.2. The van der Waals surface area contributed by atoms with Gasteiger partial charge in [0, 0.05) is 17.5 Å². The molecule has 3 rings (SSSR count). The second-order valence-corrected chi connectivity index (χ2v) is 6.43. The van der Waals surface area contributed by atoms with Gasteiger partial charge in [0.25, 0.3) is 0 Å². The van der Waals surface area contributed by atoms with Crippen molar-refractivity contribution in [1.29, 1.82) is 0 Å². The maximum atomic E-state index is 12.3. The molecule has 22 heavy (non-hydrogen) atoms. The number of benzene rings is 2. The van der Waals surface area contributed by atoms with Crippen molar-refractivity contribution in [1.82, 2.24) is 5.32 Å². The number of hydrogen-bond donors (Lipinski definition) is 1. The molecule has 1 fully saturated rings. The highest BCUT2D eigenvalue weighted by molar-refractivity contribution is 6.31. The molecule has 0 saturated heterocycles. The summed E-state index contributed by atoms with van der Waals surface area (Å²) in [5.41, 5.74) is 2.35. The summed E-state index contributed by atoms with van der Waals surface area (Å²) in [6.07, 6.45) is 0.898. The van der Waals surface area contributed by atoms with Crippen LogP contribution >= 0.6 is 11.6 Å². The van der Waals surface area contributed by atoms with Crippen molar-refractivity contribution in [2.45, 2.75) is 25.2 Å². The van der Waals surface area contributed by atoms with Crippen LogP contribution in [0.3, 0.4) is 0 Å². The fourth-order valence-electron chi connectivity index (χ4n) is 2.89. The summed E-state index contributed by atoms with van der Waals surface area (Å²) in [6.45, 7) is 2.81. The quantitative estimate of drug-likeness (QED) is 0.873. The molecular weight excluding hydrogens is 294 g/mol. The summed E-state index contributed by atoms with van der Waals surface area (Å²) >= 11 is 6.21. The maximum absolute atomic E-state index is 12.3. The first kappa shape index (κ1) is 15.1. The van der Waals surface area contributed by atoms with Gasteiger partial charge in [0.05, 0.1) is 0 Å². The summed E-state index contributed by atoms with van der Waals surface area (Å²) in [6, 6.07) is 18.1. The van der Waals surface area contributed by atoms with Crippen molar-refractivity contribution in [2.24, 2.45) is 5.92 Å². The largest absolute Gasteiger partial charge is 0.355 e. The highest BCUT2D eigenvalue weighted by Gasteiger charge is 2.44. The fraction of sp³-hybridized carbons (Fsp3) is 0.316. The van der Waals surface area contributed by atoms with E-state index in [1.165, 1.54) is 5.56 Å². The number of halogens is 1. The number of amides is 1. The number of hydrogen-bond acceptors (Lipinski definition) is 1. The van der Waals surface area contributed by atoms with Crippen molar-refractivity contribution < 1.29 is 4.79 Å². The average Bonchev–Trinajstić information content (AvgIpc) is 3.34. The molecule has 1 N–H and O–H groups in total. The third kappa shape index (κ3) is 3.33. The lowest BCUT2D eigenvalue weighted by Gasteiger charge is -2.13. The first-order valence-corrected chi connectivity index (χ1v) is 8.11. The molecule has 2 nitrogen and oxygen atoms in total. The number of carbonyl (C=O) groups is 1. The zero-order chi connectivity index (χ0) is 15.5. The molecule has 0 aromatic heterocycles. The van der Waals surface area contributed by atoms with Crippen LogP contribution in [0.5, 0.6) is 0 Å². The molecule has 0 spiro atoms. The maximum Gasteiger partial charge on any atom is 0.223 e. The van der Waals surface area contributed by atoms with Crippen LogP contribution in [0.4, 0.5) is 0 Å². The lowest BCUT2D eigenvalue weighted by atomic mass is 10.0. The third-order valence-corrected chi connectivity index (χ3v) is 4.73. The van der Waals surface area contributed by atoms with Crippen LogP contribution in [-0.2, 0) is 4.79 Å². The van der Waals surface area contributed by atoms with Crippen molar-refractivity contribution in [2.75, 3.05) is 6.54 Å². The van der Waals surface area contributed by atoms with Crippen LogP contribution in [0, 0.1) is 5.92 Å². The van der Waals surface area contributed by atoms with E-state index in [2.05, 4.69) is 24.4 Å². The van der Waals surface area contributed by atoms with E-state index in [0.29, 0.717) is 12.5 Å². The van der Waals surface area contributed by atoms with Crippen molar-refractivity contribution in [3.63, 3.8) is 0 Å². The zero-order valence-corrected chi connectivity index (χ0v) is 13.4. The van der Waals surface area contributed by atoms with Crippen LogP contribution in [-0.4, -0.2) is 12.5 Å². The third-order valence-electron chi connectivity index (χ3n) is 4.38. The van der Waals surface area contributed by atoms with E-state index in [1.807, 2.05) is 42.5 Å². The van der Waals surface area contributed by atoms with Crippen LogP contribution in [0.2, 0.25) is 5.02 Å². The molecule has 2 aromatic carbocycles. The minimum absolute atomic E-state index is 0.0721. The molecule has 1 saturated carbocycles. The smallest absolute Gasteiger partial charge is 0.223 e. The second-order valence-electron chi connectivity index (χ2n) is 6.03. The van der Waals surface area contributed by atoms with Gasteiger partial charge in [-0.05, 0) is 35.4 Å². The van der Waals surface area contributed by atoms with Crippen LogP contribution in [0.25, 0.3) is 0 Å². The zero-order valence-electron chi connectivity index (χ0n) is 12.6. The van der Waals surface area contributed by atoms with E-state index in [4.69, 9.17) is 11.6 Å². The molecule has 0 heterocycles. The van der Waals surface area contributed by atoms with E-state index < -0.39 is 0 Å².